The minimum atomic E-state index is -0.298. The van der Waals surface area contributed by atoms with Gasteiger partial charge in [0, 0.05) is 6.54 Å². The summed E-state index contributed by atoms with van der Waals surface area (Å²) in [6.07, 6.45) is 1.98. The van der Waals surface area contributed by atoms with Gasteiger partial charge >= 0.3 is 0 Å². The van der Waals surface area contributed by atoms with E-state index in [0.29, 0.717) is 17.3 Å². The van der Waals surface area contributed by atoms with Gasteiger partial charge in [-0.15, -0.1) is 6.58 Å². The molecule has 0 radical (unpaired) electrons. The number of hydrogen-bond acceptors (Lipinski definition) is 2. The molecule has 3 rings (SSSR count). The fourth-order valence-electron chi connectivity index (χ4n) is 2.78. The van der Waals surface area contributed by atoms with Gasteiger partial charge in [0.25, 0.3) is 5.91 Å². The summed E-state index contributed by atoms with van der Waals surface area (Å²) in [5.74, 6) is -0.0546. The molecule has 1 amide bonds. The van der Waals surface area contributed by atoms with E-state index in [0.717, 1.165) is 15.8 Å². The molecular formula is C21H21FN2OS. The van der Waals surface area contributed by atoms with Gasteiger partial charge in [-0.05, 0) is 35.2 Å². The van der Waals surface area contributed by atoms with Gasteiger partial charge in [0.05, 0.1) is 16.6 Å². The number of carbonyl (C=O) groups is 1. The summed E-state index contributed by atoms with van der Waals surface area (Å²) in [5.41, 5.74) is 3.03. The van der Waals surface area contributed by atoms with Crippen molar-refractivity contribution in [3.63, 3.8) is 0 Å². The van der Waals surface area contributed by atoms with Crippen molar-refractivity contribution in [3.8, 4) is 0 Å². The minimum absolute atomic E-state index is 0.216. The van der Waals surface area contributed by atoms with Crippen LogP contribution < -0.4 is 4.80 Å². The minimum Gasteiger partial charge on any atom is -0.313 e. The van der Waals surface area contributed by atoms with Crippen molar-refractivity contribution in [3.05, 3.63) is 76.9 Å². The topological polar surface area (TPSA) is 34.4 Å². The first-order chi connectivity index (χ1) is 12.5. The molecule has 1 aromatic heterocycles. The Morgan fingerprint density at radius 3 is 2.65 bits per heavy atom. The average Bonchev–Trinajstić information content (AvgIpc) is 2.92. The molecule has 3 aromatic rings. The van der Waals surface area contributed by atoms with E-state index < -0.39 is 0 Å². The number of rotatable bonds is 5. The second-order valence-electron chi connectivity index (χ2n) is 6.47. The summed E-state index contributed by atoms with van der Waals surface area (Å²) in [6, 6.07) is 12.6. The summed E-state index contributed by atoms with van der Waals surface area (Å²) >= 11 is 1.31. The van der Waals surface area contributed by atoms with Crippen LogP contribution in [0.2, 0.25) is 0 Å². The largest absolute Gasteiger partial charge is 0.313 e. The van der Waals surface area contributed by atoms with Crippen LogP contribution in [0, 0.1) is 5.82 Å². The number of hydrogen-bond donors (Lipinski definition) is 0. The van der Waals surface area contributed by atoms with Crippen molar-refractivity contribution in [1.82, 2.24) is 4.57 Å². The highest BCUT2D eigenvalue weighted by Gasteiger charge is 2.09. The molecule has 3 nitrogen and oxygen atoms in total. The SMILES string of the molecule is C=CCn1c(=NC(=O)Cc2ccc(C(C)C)cc2)sc2cc(F)ccc21. The Balaban J connectivity index is 1.91. The third-order valence-corrected chi connectivity index (χ3v) is 5.22. The molecule has 134 valence electrons. The van der Waals surface area contributed by atoms with E-state index >= 15 is 0 Å². The highest BCUT2D eigenvalue weighted by molar-refractivity contribution is 7.16. The standard InChI is InChI=1S/C21H21FN2OS/c1-4-11-24-18-10-9-17(22)13-19(18)26-21(24)23-20(25)12-15-5-7-16(8-6-15)14(2)3/h4-10,13-14H,1,11-12H2,2-3H3. The Morgan fingerprint density at radius 1 is 1.27 bits per heavy atom. The van der Waals surface area contributed by atoms with Gasteiger partial charge in [0.2, 0.25) is 0 Å². The Hall–Kier alpha value is -2.53. The fraction of sp³-hybridized carbons (Fsp3) is 0.238. The molecule has 1 heterocycles. The highest BCUT2D eigenvalue weighted by Crippen LogP contribution is 2.19. The predicted molar refractivity (Wildman–Crippen MR) is 105 cm³/mol. The lowest BCUT2D eigenvalue weighted by Crippen LogP contribution is -2.16. The molecule has 0 aliphatic rings. The van der Waals surface area contributed by atoms with Crippen LogP contribution in [0.4, 0.5) is 4.39 Å². The van der Waals surface area contributed by atoms with Crippen LogP contribution >= 0.6 is 11.3 Å². The molecule has 0 spiro atoms. The van der Waals surface area contributed by atoms with Gasteiger partial charge in [-0.25, -0.2) is 4.39 Å². The van der Waals surface area contributed by atoms with Crippen LogP contribution in [-0.2, 0) is 17.8 Å². The molecule has 0 unspecified atom stereocenters. The summed E-state index contributed by atoms with van der Waals surface area (Å²) in [4.78, 5) is 17.3. The van der Waals surface area contributed by atoms with Crippen molar-refractivity contribution < 1.29 is 9.18 Å². The Bertz CT molecular complexity index is 1010. The highest BCUT2D eigenvalue weighted by atomic mass is 32.1. The van der Waals surface area contributed by atoms with E-state index in [1.807, 2.05) is 28.8 Å². The summed E-state index contributed by atoms with van der Waals surface area (Å²) in [6.45, 7) is 8.54. The van der Waals surface area contributed by atoms with Crippen molar-refractivity contribution in [2.24, 2.45) is 4.99 Å². The molecule has 0 aliphatic carbocycles. The molecule has 0 N–H and O–H groups in total. The monoisotopic (exact) mass is 368 g/mol. The van der Waals surface area contributed by atoms with Gasteiger partial charge in [-0.3, -0.25) is 4.79 Å². The molecule has 0 saturated carbocycles. The lowest BCUT2D eigenvalue weighted by molar-refractivity contribution is -0.117. The number of amides is 1. The van der Waals surface area contributed by atoms with E-state index in [4.69, 9.17) is 0 Å². The molecule has 0 aliphatic heterocycles. The van der Waals surface area contributed by atoms with Gasteiger partial charge in [-0.2, -0.15) is 4.99 Å². The lowest BCUT2D eigenvalue weighted by atomic mass is 10.0. The maximum Gasteiger partial charge on any atom is 0.252 e. The third-order valence-electron chi connectivity index (χ3n) is 4.18. The first kappa shape index (κ1) is 18.3. The number of nitrogens with zero attached hydrogens (tertiary/aromatic N) is 2. The average molecular weight is 368 g/mol. The van der Waals surface area contributed by atoms with Crippen LogP contribution in [-0.4, -0.2) is 10.5 Å². The van der Waals surface area contributed by atoms with Crippen molar-refractivity contribution >= 4 is 27.5 Å². The zero-order valence-electron chi connectivity index (χ0n) is 14.9. The molecule has 0 saturated heterocycles. The molecule has 0 bridgehead atoms. The number of allylic oxidation sites excluding steroid dienone is 1. The summed E-state index contributed by atoms with van der Waals surface area (Å²) in [5, 5.41) is 0. The van der Waals surface area contributed by atoms with E-state index in [9.17, 15) is 9.18 Å². The van der Waals surface area contributed by atoms with E-state index in [-0.39, 0.29) is 18.1 Å². The molecular weight excluding hydrogens is 347 g/mol. The van der Waals surface area contributed by atoms with Crippen LogP contribution in [0.5, 0.6) is 0 Å². The van der Waals surface area contributed by atoms with Crippen LogP contribution in [0.15, 0.2) is 60.1 Å². The fourth-order valence-corrected chi connectivity index (χ4v) is 3.86. The zero-order chi connectivity index (χ0) is 18.7. The van der Waals surface area contributed by atoms with Crippen molar-refractivity contribution in [2.45, 2.75) is 32.7 Å². The second kappa shape index (κ2) is 7.79. The summed E-state index contributed by atoms with van der Waals surface area (Å²) in [7, 11) is 0. The number of fused-ring (bicyclic) bond motifs is 1. The first-order valence-electron chi connectivity index (χ1n) is 8.54. The number of carbonyl (C=O) groups excluding carboxylic acids is 1. The Morgan fingerprint density at radius 2 is 2.00 bits per heavy atom. The molecule has 2 aromatic carbocycles. The lowest BCUT2D eigenvalue weighted by Gasteiger charge is -2.05. The predicted octanol–water partition coefficient (Wildman–Crippen LogP) is 4.82. The Kier molecular flexibility index (Phi) is 5.47. The molecule has 26 heavy (non-hydrogen) atoms. The number of halogens is 1. The van der Waals surface area contributed by atoms with E-state index in [2.05, 4.69) is 25.4 Å². The Labute approximate surface area is 156 Å². The van der Waals surface area contributed by atoms with Gasteiger partial charge < -0.3 is 4.57 Å². The molecule has 0 fully saturated rings. The zero-order valence-corrected chi connectivity index (χ0v) is 15.7. The normalized spacial score (nSPS) is 12.1. The molecule has 5 heteroatoms. The van der Waals surface area contributed by atoms with Crippen molar-refractivity contribution in [2.75, 3.05) is 0 Å². The van der Waals surface area contributed by atoms with E-state index in [1.165, 1.54) is 29.0 Å². The number of benzene rings is 2. The molecule has 0 atom stereocenters. The van der Waals surface area contributed by atoms with Crippen LogP contribution in [0.3, 0.4) is 0 Å². The van der Waals surface area contributed by atoms with Gasteiger partial charge in [0.15, 0.2) is 4.80 Å². The van der Waals surface area contributed by atoms with Gasteiger partial charge in [0.1, 0.15) is 5.82 Å². The maximum atomic E-state index is 13.5. The van der Waals surface area contributed by atoms with Crippen molar-refractivity contribution in [1.29, 1.82) is 0 Å². The maximum absolute atomic E-state index is 13.5. The first-order valence-corrected chi connectivity index (χ1v) is 9.35. The van der Waals surface area contributed by atoms with Crippen LogP contribution in [0.1, 0.15) is 30.9 Å². The second-order valence-corrected chi connectivity index (χ2v) is 7.48. The van der Waals surface area contributed by atoms with Gasteiger partial charge in [-0.1, -0.05) is 55.5 Å². The third kappa shape index (κ3) is 3.99. The van der Waals surface area contributed by atoms with E-state index in [1.54, 1.807) is 12.1 Å². The quantitative estimate of drug-likeness (QED) is 0.595. The number of thiazole rings is 1. The number of aromatic nitrogens is 1. The summed E-state index contributed by atoms with van der Waals surface area (Å²) < 4.78 is 16.1. The van der Waals surface area contributed by atoms with Crippen LogP contribution in [0.25, 0.3) is 10.2 Å². The smallest absolute Gasteiger partial charge is 0.252 e.